The van der Waals surface area contributed by atoms with Gasteiger partial charge in [0.25, 0.3) is 0 Å². The Labute approximate surface area is 117 Å². The van der Waals surface area contributed by atoms with Crippen LogP contribution < -0.4 is 0 Å². The predicted octanol–water partition coefficient (Wildman–Crippen LogP) is 4.08. The maximum atomic E-state index is 11.2. The van der Waals surface area contributed by atoms with Crippen LogP contribution in [0.15, 0.2) is 22.7 Å². The number of hydrogen-bond donors (Lipinski definition) is 1. The van der Waals surface area contributed by atoms with Gasteiger partial charge in [0.15, 0.2) is 0 Å². The van der Waals surface area contributed by atoms with Crippen molar-refractivity contribution < 1.29 is 9.90 Å². The van der Waals surface area contributed by atoms with E-state index in [9.17, 15) is 9.90 Å². The fraction of sp³-hybridized carbons (Fsp3) is 0.545. The number of halogens is 3. The largest absolute Gasteiger partial charge is 0.481 e. The van der Waals surface area contributed by atoms with Crippen molar-refractivity contribution in [1.82, 2.24) is 0 Å². The van der Waals surface area contributed by atoms with E-state index in [0.29, 0.717) is 5.88 Å². The van der Waals surface area contributed by atoms with Gasteiger partial charge in [-0.05, 0) is 12.8 Å². The predicted molar refractivity (Wildman–Crippen MR) is 73.5 cm³/mol. The lowest BCUT2D eigenvalue weighted by atomic mass is 9.84. The van der Waals surface area contributed by atoms with Crippen LogP contribution in [0.3, 0.4) is 0 Å². The zero-order valence-corrected chi connectivity index (χ0v) is 12.6. The van der Waals surface area contributed by atoms with Gasteiger partial charge < -0.3 is 5.11 Å². The lowest BCUT2D eigenvalue weighted by Crippen LogP contribution is -2.37. The van der Waals surface area contributed by atoms with Gasteiger partial charge in [0.2, 0.25) is 0 Å². The normalized spacial score (nSPS) is 28.9. The maximum Gasteiger partial charge on any atom is 0.312 e. The van der Waals surface area contributed by atoms with Crippen LogP contribution in [0.1, 0.15) is 19.3 Å². The van der Waals surface area contributed by atoms with Crippen molar-refractivity contribution >= 4 is 49.4 Å². The van der Waals surface area contributed by atoms with E-state index < -0.39 is 16.2 Å². The summed E-state index contributed by atoms with van der Waals surface area (Å²) in [5.74, 6) is -0.746. The number of hydrogen-bond acceptors (Lipinski definition) is 1. The molecule has 0 saturated heterocycles. The lowest BCUT2D eigenvalue weighted by molar-refractivity contribution is -0.140. The Kier molecular flexibility index (Phi) is 5.54. The SMILES string of the molecule is O=C(O)C1C=CC=C(Br)C1(Br)CCCCCl. The molecule has 0 heterocycles. The molecule has 2 unspecified atom stereocenters. The summed E-state index contributed by atoms with van der Waals surface area (Å²) in [7, 11) is 0. The molecule has 5 heteroatoms. The molecule has 0 bridgehead atoms. The smallest absolute Gasteiger partial charge is 0.312 e. The number of carboxylic acids is 1. The Morgan fingerprint density at radius 3 is 2.81 bits per heavy atom. The van der Waals surface area contributed by atoms with Crippen LogP contribution in [0.2, 0.25) is 0 Å². The molecule has 0 fully saturated rings. The molecule has 0 aromatic heterocycles. The molecular formula is C11H13Br2ClO2. The van der Waals surface area contributed by atoms with Crippen LogP contribution in [-0.4, -0.2) is 21.3 Å². The van der Waals surface area contributed by atoms with E-state index >= 15 is 0 Å². The monoisotopic (exact) mass is 370 g/mol. The number of carboxylic acid groups (broad SMARTS) is 1. The van der Waals surface area contributed by atoms with Gasteiger partial charge in [0, 0.05) is 10.4 Å². The van der Waals surface area contributed by atoms with E-state index in [0.717, 1.165) is 23.7 Å². The Morgan fingerprint density at radius 2 is 2.25 bits per heavy atom. The van der Waals surface area contributed by atoms with Crippen molar-refractivity contribution in [2.45, 2.75) is 23.6 Å². The molecule has 0 aliphatic heterocycles. The number of carbonyl (C=O) groups is 1. The summed E-state index contributed by atoms with van der Waals surface area (Å²) in [5.41, 5.74) is 0. The van der Waals surface area contributed by atoms with E-state index in [-0.39, 0.29) is 0 Å². The van der Waals surface area contributed by atoms with Crippen molar-refractivity contribution in [2.75, 3.05) is 5.88 Å². The van der Waals surface area contributed by atoms with E-state index in [1.807, 2.05) is 6.08 Å². The van der Waals surface area contributed by atoms with Crippen LogP contribution in [0, 0.1) is 5.92 Å². The first-order chi connectivity index (χ1) is 7.52. The minimum absolute atomic E-state index is 0.528. The van der Waals surface area contributed by atoms with Gasteiger partial charge in [0.1, 0.15) is 0 Å². The molecule has 0 radical (unpaired) electrons. The molecule has 0 aromatic carbocycles. The van der Waals surface area contributed by atoms with Crippen LogP contribution >= 0.6 is 43.5 Å². The Morgan fingerprint density at radius 1 is 1.56 bits per heavy atom. The van der Waals surface area contributed by atoms with Gasteiger partial charge in [-0.1, -0.05) is 56.5 Å². The van der Waals surface area contributed by atoms with Crippen LogP contribution in [0.5, 0.6) is 0 Å². The molecular weight excluding hydrogens is 359 g/mol. The molecule has 1 aliphatic rings. The second-order valence-corrected chi connectivity index (χ2v) is 6.37. The molecule has 16 heavy (non-hydrogen) atoms. The third-order valence-corrected chi connectivity index (χ3v) is 5.71. The average Bonchev–Trinajstić information content (AvgIpc) is 2.22. The van der Waals surface area contributed by atoms with Crippen molar-refractivity contribution in [1.29, 1.82) is 0 Å². The molecule has 2 atom stereocenters. The number of aliphatic carboxylic acids is 1. The van der Waals surface area contributed by atoms with E-state index in [1.165, 1.54) is 0 Å². The van der Waals surface area contributed by atoms with Crippen molar-refractivity contribution in [3.05, 3.63) is 22.7 Å². The van der Waals surface area contributed by atoms with Crippen LogP contribution in [0.25, 0.3) is 0 Å². The molecule has 1 aliphatic carbocycles. The van der Waals surface area contributed by atoms with E-state index in [2.05, 4.69) is 31.9 Å². The minimum atomic E-state index is -0.816. The quantitative estimate of drug-likeness (QED) is 0.583. The van der Waals surface area contributed by atoms with Gasteiger partial charge >= 0.3 is 5.97 Å². The molecule has 1 rings (SSSR count). The zero-order chi connectivity index (χ0) is 12.2. The Hall–Kier alpha value is 0.200. The lowest BCUT2D eigenvalue weighted by Gasteiger charge is -2.33. The maximum absolute atomic E-state index is 11.2. The fourth-order valence-corrected chi connectivity index (χ4v) is 3.27. The van der Waals surface area contributed by atoms with E-state index in [4.69, 9.17) is 11.6 Å². The second kappa shape index (κ2) is 6.22. The average molecular weight is 372 g/mol. The van der Waals surface area contributed by atoms with Crippen LogP contribution in [-0.2, 0) is 4.79 Å². The molecule has 90 valence electrons. The summed E-state index contributed by atoms with van der Waals surface area (Å²) < 4.78 is 0.351. The third kappa shape index (κ3) is 3.11. The number of allylic oxidation sites excluding steroid dienone is 3. The van der Waals surface area contributed by atoms with Crippen molar-refractivity contribution in [2.24, 2.45) is 5.92 Å². The minimum Gasteiger partial charge on any atom is -0.481 e. The van der Waals surface area contributed by atoms with Gasteiger partial charge in [-0.15, -0.1) is 11.6 Å². The molecule has 0 spiro atoms. The third-order valence-electron chi connectivity index (χ3n) is 2.63. The number of rotatable bonds is 5. The summed E-state index contributed by atoms with van der Waals surface area (Å²) in [6.07, 6.45) is 7.90. The van der Waals surface area contributed by atoms with E-state index in [1.54, 1.807) is 12.2 Å². The van der Waals surface area contributed by atoms with Gasteiger partial charge in [-0.3, -0.25) is 4.79 Å². The van der Waals surface area contributed by atoms with Gasteiger partial charge in [0.05, 0.1) is 10.2 Å². The van der Waals surface area contributed by atoms with Gasteiger partial charge in [-0.2, -0.15) is 0 Å². The Bertz CT molecular complexity index is 328. The summed E-state index contributed by atoms with van der Waals surface area (Å²) in [4.78, 5) is 11.2. The molecule has 2 nitrogen and oxygen atoms in total. The second-order valence-electron chi connectivity index (χ2n) is 3.72. The number of unbranched alkanes of at least 4 members (excludes halogenated alkanes) is 1. The fourth-order valence-electron chi connectivity index (χ4n) is 1.72. The number of alkyl halides is 2. The first-order valence-corrected chi connectivity index (χ1v) is 7.16. The van der Waals surface area contributed by atoms with Crippen molar-refractivity contribution in [3.63, 3.8) is 0 Å². The summed E-state index contributed by atoms with van der Waals surface area (Å²) in [5, 5.41) is 9.19. The molecule has 0 aromatic rings. The topological polar surface area (TPSA) is 37.3 Å². The highest BCUT2D eigenvalue weighted by Crippen LogP contribution is 2.45. The van der Waals surface area contributed by atoms with Crippen LogP contribution in [0.4, 0.5) is 0 Å². The standard InChI is InChI=1S/C11H13Br2ClO2/c12-9-5-3-4-8(10(15)16)11(9,13)6-1-2-7-14/h3-5,8H,1-2,6-7H2,(H,15,16). The first kappa shape index (κ1) is 14.3. The summed E-state index contributed by atoms with van der Waals surface area (Å²) in [6, 6.07) is 0. The first-order valence-electron chi connectivity index (χ1n) is 5.04. The molecule has 0 saturated carbocycles. The molecule has 0 amide bonds. The zero-order valence-electron chi connectivity index (χ0n) is 8.63. The van der Waals surface area contributed by atoms with Crippen molar-refractivity contribution in [3.8, 4) is 0 Å². The summed E-state index contributed by atoms with van der Waals surface area (Å²) in [6.45, 7) is 0. The highest BCUT2D eigenvalue weighted by molar-refractivity contribution is 9.14. The summed E-state index contributed by atoms with van der Waals surface area (Å²) >= 11 is 12.6. The highest BCUT2D eigenvalue weighted by Gasteiger charge is 2.42. The highest BCUT2D eigenvalue weighted by atomic mass is 79.9. The van der Waals surface area contributed by atoms with Gasteiger partial charge in [-0.25, -0.2) is 0 Å². The molecule has 1 N–H and O–H groups in total. The Balaban J connectivity index is 2.81.